The standard InChI is InChI=1S/C14H12FNO2/c1-2-18-14(17)10-6-7-12(15)11(9-10)13-5-3-4-8-16-13/h3-9H,2H2,1H3. The molecule has 0 aliphatic heterocycles. The molecule has 4 heteroatoms. The molecule has 18 heavy (non-hydrogen) atoms. The Morgan fingerprint density at radius 1 is 1.33 bits per heavy atom. The maximum Gasteiger partial charge on any atom is 0.338 e. The van der Waals surface area contributed by atoms with E-state index in [2.05, 4.69) is 4.98 Å². The Morgan fingerprint density at radius 2 is 2.17 bits per heavy atom. The van der Waals surface area contributed by atoms with Gasteiger partial charge in [0.25, 0.3) is 0 Å². The lowest BCUT2D eigenvalue weighted by molar-refractivity contribution is 0.0526. The van der Waals surface area contributed by atoms with Crippen molar-refractivity contribution in [2.45, 2.75) is 6.92 Å². The molecular formula is C14H12FNO2. The van der Waals surface area contributed by atoms with E-state index in [1.165, 1.54) is 18.2 Å². The van der Waals surface area contributed by atoms with Crippen LogP contribution < -0.4 is 0 Å². The van der Waals surface area contributed by atoms with Crippen molar-refractivity contribution in [3.05, 3.63) is 54.0 Å². The second-order valence-corrected chi connectivity index (χ2v) is 3.63. The van der Waals surface area contributed by atoms with E-state index in [1.54, 1.807) is 31.3 Å². The molecule has 1 aromatic heterocycles. The lowest BCUT2D eigenvalue weighted by Gasteiger charge is -2.06. The number of nitrogens with zero attached hydrogens (tertiary/aromatic N) is 1. The van der Waals surface area contributed by atoms with Gasteiger partial charge in [0.15, 0.2) is 0 Å². The molecule has 2 rings (SSSR count). The van der Waals surface area contributed by atoms with Crippen LogP contribution in [-0.2, 0) is 4.74 Å². The van der Waals surface area contributed by atoms with Gasteiger partial charge in [0.2, 0.25) is 0 Å². The molecule has 0 atom stereocenters. The number of esters is 1. The third-order valence-corrected chi connectivity index (χ3v) is 2.42. The van der Waals surface area contributed by atoms with Gasteiger partial charge in [-0.25, -0.2) is 9.18 Å². The molecule has 2 aromatic rings. The second kappa shape index (κ2) is 5.40. The maximum atomic E-state index is 13.7. The van der Waals surface area contributed by atoms with Crippen LogP contribution in [0.3, 0.4) is 0 Å². The first kappa shape index (κ1) is 12.2. The third kappa shape index (κ3) is 2.53. The number of ether oxygens (including phenoxy) is 1. The summed E-state index contributed by atoms with van der Waals surface area (Å²) in [5.41, 5.74) is 1.10. The summed E-state index contributed by atoms with van der Waals surface area (Å²) in [7, 11) is 0. The van der Waals surface area contributed by atoms with Crippen molar-refractivity contribution in [1.82, 2.24) is 4.98 Å². The molecular weight excluding hydrogens is 233 g/mol. The van der Waals surface area contributed by atoms with Gasteiger partial charge < -0.3 is 4.74 Å². The van der Waals surface area contributed by atoms with E-state index in [1.807, 2.05) is 0 Å². The van der Waals surface area contributed by atoms with Gasteiger partial charge in [0.05, 0.1) is 17.9 Å². The molecule has 0 saturated heterocycles. The lowest BCUT2D eigenvalue weighted by atomic mass is 10.1. The van der Waals surface area contributed by atoms with E-state index in [0.29, 0.717) is 16.8 Å². The van der Waals surface area contributed by atoms with Gasteiger partial charge >= 0.3 is 5.97 Å². The molecule has 0 radical (unpaired) electrons. The van der Waals surface area contributed by atoms with Crippen LogP contribution in [0.4, 0.5) is 4.39 Å². The number of pyridine rings is 1. The molecule has 92 valence electrons. The summed E-state index contributed by atoms with van der Waals surface area (Å²) in [6.07, 6.45) is 1.58. The molecule has 0 amide bonds. The van der Waals surface area contributed by atoms with Crippen LogP contribution in [0, 0.1) is 5.82 Å². The Balaban J connectivity index is 2.42. The lowest BCUT2D eigenvalue weighted by Crippen LogP contribution is -2.05. The maximum absolute atomic E-state index is 13.7. The van der Waals surface area contributed by atoms with Gasteiger partial charge in [-0.3, -0.25) is 4.98 Å². The van der Waals surface area contributed by atoms with Crippen molar-refractivity contribution >= 4 is 5.97 Å². The van der Waals surface area contributed by atoms with Gasteiger partial charge in [-0.2, -0.15) is 0 Å². The summed E-state index contributed by atoms with van der Waals surface area (Å²) in [6.45, 7) is 2.01. The zero-order valence-corrected chi connectivity index (χ0v) is 9.89. The summed E-state index contributed by atoms with van der Waals surface area (Å²) < 4.78 is 18.6. The number of carbonyl (C=O) groups is 1. The molecule has 1 aromatic carbocycles. The molecule has 1 heterocycles. The van der Waals surface area contributed by atoms with E-state index < -0.39 is 11.8 Å². The van der Waals surface area contributed by atoms with E-state index in [0.717, 1.165) is 0 Å². The van der Waals surface area contributed by atoms with Gasteiger partial charge in [0.1, 0.15) is 5.82 Å². The molecule has 0 aliphatic carbocycles. The molecule has 3 nitrogen and oxygen atoms in total. The van der Waals surface area contributed by atoms with Crippen molar-refractivity contribution in [3.8, 4) is 11.3 Å². The van der Waals surface area contributed by atoms with E-state index >= 15 is 0 Å². The van der Waals surface area contributed by atoms with Crippen LogP contribution in [-0.4, -0.2) is 17.6 Å². The summed E-state index contributed by atoms with van der Waals surface area (Å²) in [4.78, 5) is 15.6. The highest BCUT2D eigenvalue weighted by Gasteiger charge is 2.12. The molecule has 0 aliphatic rings. The summed E-state index contributed by atoms with van der Waals surface area (Å²) in [5, 5.41) is 0. The fourth-order valence-corrected chi connectivity index (χ4v) is 1.59. The molecule has 0 saturated carbocycles. The Labute approximate surface area is 104 Å². The molecule has 0 unspecified atom stereocenters. The first-order chi connectivity index (χ1) is 8.72. The van der Waals surface area contributed by atoms with Crippen LogP contribution >= 0.6 is 0 Å². The Hall–Kier alpha value is -2.23. The number of benzene rings is 1. The quantitative estimate of drug-likeness (QED) is 0.780. The van der Waals surface area contributed by atoms with Crippen LogP contribution in [0.25, 0.3) is 11.3 Å². The highest BCUT2D eigenvalue weighted by atomic mass is 19.1. The molecule has 0 fully saturated rings. The fraction of sp³-hybridized carbons (Fsp3) is 0.143. The highest BCUT2D eigenvalue weighted by Crippen LogP contribution is 2.22. The van der Waals surface area contributed by atoms with Crippen molar-refractivity contribution in [2.24, 2.45) is 0 Å². The average molecular weight is 245 g/mol. The highest BCUT2D eigenvalue weighted by molar-refractivity contribution is 5.90. The number of aromatic nitrogens is 1. The van der Waals surface area contributed by atoms with Gasteiger partial charge in [0, 0.05) is 11.8 Å². The topological polar surface area (TPSA) is 39.2 Å². The van der Waals surface area contributed by atoms with E-state index in [4.69, 9.17) is 4.74 Å². The van der Waals surface area contributed by atoms with Crippen molar-refractivity contribution < 1.29 is 13.9 Å². The Kier molecular flexibility index (Phi) is 3.67. The summed E-state index contributed by atoms with van der Waals surface area (Å²) in [6, 6.07) is 9.30. The minimum Gasteiger partial charge on any atom is -0.462 e. The third-order valence-electron chi connectivity index (χ3n) is 2.42. The largest absolute Gasteiger partial charge is 0.462 e. The van der Waals surface area contributed by atoms with Crippen LogP contribution in [0.1, 0.15) is 17.3 Å². The van der Waals surface area contributed by atoms with Crippen molar-refractivity contribution in [1.29, 1.82) is 0 Å². The Morgan fingerprint density at radius 3 is 2.83 bits per heavy atom. The predicted octanol–water partition coefficient (Wildman–Crippen LogP) is 3.06. The minimum absolute atomic E-state index is 0.287. The molecule has 0 N–H and O–H groups in total. The number of hydrogen-bond donors (Lipinski definition) is 0. The zero-order valence-electron chi connectivity index (χ0n) is 9.89. The number of rotatable bonds is 3. The first-order valence-corrected chi connectivity index (χ1v) is 5.60. The number of halogens is 1. The monoisotopic (exact) mass is 245 g/mol. The summed E-state index contributed by atoms with van der Waals surface area (Å²) >= 11 is 0. The SMILES string of the molecule is CCOC(=O)c1ccc(F)c(-c2ccccn2)c1. The average Bonchev–Trinajstić information content (AvgIpc) is 2.40. The Bertz CT molecular complexity index is 555. The van der Waals surface area contributed by atoms with Crippen LogP contribution in [0.2, 0.25) is 0 Å². The number of carbonyl (C=O) groups excluding carboxylic acids is 1. The molecule has 0 bridgehead atoms. The van der Waals surface area contributed by atoms with E-state index in [-0.39, 0.29) is 6.61 Å². The molecule has 0 spiro atoms. The normalized spacial score (nSPS) is 10.1. The van der Waals surface area contributed by atoms with E-state index in [9.17, 15) is 9.18 Å². The van der Waals surface area contributed by atoms with Gasteiger partial charge in [-0.1, -0.05) is 6.07 Å². The van der Waals surface area contributed by atoms with Crippen molar-refractivity contribution in [3.63, 3.8) is 0 Å². The smallest absolute Gasteiger partial charge is 0.338 e. The zero-order chi connectivity index (χ0) is 13.0. The van der Waals surface area contributed by atoms with Crippen molar-refractivity contribution in [2.75, 3.05) is 6.61 Å². The second-order valence-electron chi connectivity index (χ2n) is 3.63. The number of hydrogen-bond acceptors (Lipinski definition) is 3. The minimum atomic E-state index is -0.463. The fourth-order valence-electron chi connectivity index (χ4n) is 1.59. The first-order valence-electron chi connectivity index (χ1n) is 5.60. The van der Waals surface area contributed by atoms with Crippen LogP contribution in [0.15, 0.2) is 42.6 Å². The van der Waals surface area contributed by atoms with Crippen LogP contribution in [0.5, 0.6) is 0 Å². The van der Waals surface area contributed by atoms with Gasteiger partial charge in [-0.05, 0) is 37.3 Å². The van der Waals surface area contributed by atoms with Gasteiger partial charge in [-0.15, -0.1) is 0 Å². The summed E-state index contributed by atoms with van der Waals surface area (Å²) in [5.74, 6) is -0.878. The predicted molar refractivity (Wildman–Crippen MR) is 65.6 cm³/mol.